The molecular weight excluding hydrogens is 323 g/mol. The summed E-state index contributed by atoms with van der Waals surface area (Å²) in [6.07, 6.45) is 0. The van der Waals surface area contributed by atoms with E-state index >= 15 is 0 Å². The van der Waals surface area contributed by atoms with E-state index in [0.29, 0.717) is 11.7 Å². The van der Waals surface area contributed by atoms with Gasteiger partial charge in [-0.3, -0.25) is 4.99 Å². The van der Waals surface area contributed by atoms with Crippen molar-refractivity contribution in [3.63, 3.8) is 0 Å². The summed E-state index contributed by atoms with van der Waals surface area (Å²) in [6, 6.07) is 16.1. The van der Waals surface area contributed by atoms with E-state index in [1.165, 1.54) is 16.7 Å². The molecule has 0 aliphatic carbocycles. The van der Waals surface area contributed by atoms with E-state index < -0.39 is 0 Å². The number of amidine groups is 1. The van der Waals surface area contributed by atoms with Gasteiger partial charge in [-0.1, -0.05) is 65.3 Å². The van der Waals surface area contributed by atoms with E-state index in [2.05, 4.69) is 36.2 Å². The maximum atomic E-state index is 5.92. The molecular formula is C16H18Cl2N2S. The van der Waals surface area contributed by atoms with Crippen LogP contribution in [0.3, 0.4) is 0 Å². The third kappa shape index (κ3) is 6.42. The lowest BCUT2D eigenvalue weighted by molar-refractivity contribution is 1.07. The molecule has 2 N–H and O–H groups in total. The first kappa shape index (κ1) is 17.9. The molecule has 0 radical (unpaired) electrons. The minimum atomic E-state index is 0. The minimum absolute atomic E-state index is 0. The van der Waals surface area contributed by atoms with Crippen LogP contribution in [-0.2, 0) is 12.3 Å². The summed E-state index contributed by atoms with van der Waals surface area (Å²) in [5, 5.41) is 1.36. The molecule has 0 aromatic heterocycles. The van der Waals surface area contributed by atoms with Crippen molar-refractivity contribution in [3.05, 3.63) is 70.2 Å². The second kappa shape index (κ2) is 8.98. The zero-order valence-electron chi connectivity index (χ0n) is 11.8. The molecule has 0 fully saturated rings. The Balaban J connectivity index is 0.00000220. The molecule has 2 aromatic carbocycles. The van der Waals surface area contributed by atoms with Gasteiger partial charge in [-0.05, 0) is 30.2 Å². The predicted octanol–water partition coefficient (Wildman–Crippen LogP) is 4.82. The second-order valence-electron chi connectivity index (χ2n) is 4.56. The van der Waals surface area contributed by atoms with Crippen LogP contribution in [0.15, 0.2) is 53.5 Å². The number of benzene rings is 2. The van der Waals surface area contributed by atoms with Crippen molar-refractivity contribution in [2.75, 3.05) is 0 Å². The van der Waals surface area contributed by atoms with Crippen molar-refractivity contribution in [3.8, 4) is 0 Å². The summed E-state index contributed by atoms with van der Waals surface area (Å²) < 4.78 is 0. The molecule has 0 atom stereocenters. The summed E-state index contributed by atoms with van der Waals surface area (Å²) in [6.45, 7) is 2.70. The topological polar surface area (TPSA) is 38.4 Å². The first-order chi connectivity index (χ1) is 9.63. The van der Waals surface area contributed by atoms with Gasteiger partial charge in [0.05, 0.1) is 6.54 Å². The van der Waals surface area contributed by atoms with Crippen LogP contribution in [0, 0.1) is 6.92 Å². The molecule has 0 saturated carbocycles. The fourth-order valence-corrected chi connectivity index (χ4v) is 2.44. The summed E-state index contributed by atoms with van der Waals surface area (Å²) >= 11 is 7.39. The molecule has 0 aliphatic rings. The Labute approximate surface area is 141 Å². The normalized spacial score (nSPS) is 11.0. The molecule has 0 bridgehead atoms. The Hall–Kier alpha value is -1.16. The van der Waals surface area contributed by atoms with Crippen LogP contribution in [0.5, 0.6) is 0 Å². The van der Waals surface area contributed by atoms with Gasteiger partial charge in [-0.15, -0.1) is 12.4 Å². The Morgan fingerprint density at radius 3 is 2.24 bits per heavy atom. The van der Waals surface area contributed by atoms with Gasteiger partial charge in [0.15, 0.2) is 5.17 Å². The summed E-state index contributed by atoms with van der Waals surface area (Å²) in [5.74, 6) is 0.806. The Bertz CT molecular complexity index is 580. The van der Waals surface area contributed by atoms with Gasteiger partial charge < -0.3 is 5.73 Å². The lowest BCUT2D eigenvalue weighted by Gasteiger charge is -2.03. The number of thioether (sulfide) groups is 1. The Kier molecular flexibility index (Phi) is 7.65. The number of nitrogens with two attached hydrogens (primary N) is 1. The average molecular weight is 341 g/mol. The van der Waals surface area contributed by atoms with E-state index in [4.69, 9.17) is 17.3 Å². The van der Waals surface area contributed by atoms with Crippen LogP contribution < -0.4 is 5.73 Å². The van der Waals surface area contributed by atoms with E-state index in [1.54, 1.807) is 11.8 Å². The zero-order valence-corrected chi connectivity index (χ0v) is 14.1. The highest BCUT2D eigenvalue weighted by atomic mass is 35.5. The van der Waals surface area contributed by atoms with Gasteiger partial charge in [-0.2, -0.15) is 0 Å². The van der Waals surface area contributed by atoms with Crippen molar-refractivity contribution in [2.45, 2.75) is 19.2 Å². The molecule has 0 amide bonds. The Morgan fingerprint density at radius 1 is 1.05 bits per heavy atom. The van der Waals surface area contributed by atoms with Crippen molar-refractivity contribution in [2.24, 2.45) is 10.7 Å². The van der Waals surface area contributed by atoms with Crippen LogP contribution in [0.25, 0.3) is 0 Å². The fourth-order valence-electron chi connectivity index (χ4n) is 1.65. The number of halogens is 2. The third-order valence-corrected chi connectivity index (χ3v) is 3.99. The first-order valence-corrected chi connectivity index (χ1v) is 7.72. The molecule has 5 heteroatoms. The summed E-state index contributed by atoms with van der Waals surface area (Å²) in [4.78, 5) is 4.39. The van der Waals surface area contributed by atoms with Crippen molar-refractivity contribution in [1.29, 1.82) is 0 Å². The number of hydrogen-bond donors (Lipinski definition) is 1. The van der Waals surface area contributed by atoms with Gasteiger partial charge in [0, 0.05) is 10.8 Å². The smallest absolute Gasteiger partial charge is 0.154 e. The predicted molar refractivity (Wildman–Crippen MR) is 96.5 cm³/mol. The van der Waals surface area contributed by atoms with Crippen molar-refractivity contribution in [1.82, 2.24) is 0 Å². The number of aliphatic imine (C=N–C) groups is 1. The fraction of sp³-hybridized carbons (Fsp3) is 0.188. The number of rotatable bonds is 4. The number of aryl methyl sites for hydroxylation is 1. The van der Waals surface area contributed by atoms with Crippen molar-refractivity contribution >= 4 is 40.9 Å². The summed E-state index contributed by atoms with van der Waals surface area (Å²) in [7, 11) is 0. The lowest BCUT2D eigenvalue weighted by Crippen LogP contribution is -2.07. The Morgan fingerprint density at radius 2 is 1.62 bits per heavy atom. The van der Waals surface area contributed by atoms with Gasteiger partial charge in [0.1, 0.15) is 0 Å². The van der Waals surface area contributed by atoms with Gasteiger partial charge in [-0.25, -0.2) is 0 Å². The van der Waals surface area contributed by atoms with Crippen LogP contribution in [0.1, 0.15) is 16.7 Å². The first-order valence-electron chi connectivity index (χ1n) is 6.36. The van der Waals surface area contributed by atoms with Crippen molar-refractivity contribution < 1.29 is 0 Å². The highest BCUT2D eigenvalue weighted by molar-refractivity contribution is 8.13. The molecule has 0 unspecified atom stereocenters. The maximum Gasteiger partial charge on any atom is 0.154 e. The quantitative estimate of drug-likeness (QED) is 0.640. The van der Waals surface area contributed by atoms with E-state index in [1.807, 2.05) is 24.3 Å². The van der Waals surface area contributed by atoms with Crippen LogP contribution in [0.2, 0.25) is 5.02 Å². The number of hydrogen-bond acceptors (Lipinski definition) is 2. The molecule has 0 saturated heterocycles. The SMILES string of the molecule is Cc1ccc(CN=C(N)SCc2ccc(Cl)cc2)cc1.Cl. The van der Waals surface area contributed by atoms with E-state index in [9.17, 15) is 0 Å². The number of nitrogens with zero attached hydrogens (tertiary/aromatic N) is 1. The highest BCUT2D eigenvalue weighted by Gasteiger charge is 1.98. The zero-order chi connectivity index (χ0) is 14.4. The van der Waals surface area contributed by atoms with Crippen LogP contribution >= 0.6 is 35.8 Å². The lowest BCUT2D eigenvalue weighted by atomic mass is 10.1. The molecule has 112 valence electrons. The largest absolute Gasteiger partial charge is 0.379 e. The second-order valence-corrected chi connectivity index (χ2v) is 5.99. The minimum Gasteiger partial charge on any atom is -0.379 e. The van der Waals surface area contributed by atoms with Crippen LogP contribution in [0.4, 0.5) is 0 Å². The average Bonchev–Trinajstić information content (AvgIpc) is 2.46. The molecule has 2 aromatic rings. The maximum absolute atomic E-state index is 5.92. The highest BCUT2D eigenvalue weighted by Crippen LogP contribution is 2.16. The van der Waals surface area contributed by atoms with E-state index in [0.717, 1.165) is 10.8 Å². The standard InChI is InChI=1S/C16H17ClN2S.ClH/c1-12-2-4-13(5-3-12)10-19-16(18)20-11-14-6-8-15(17)9-7-14;/h2-9H,10-11H2,1H3,(H2,18,19);1H. The molecule has 2 rings (SSSR count). The van der Waals surface area contributed by atoms with Gasteiger partial charge in [0.25, 0.3) is 0 Å². The third-order valence-electron chi connectivity index (χ3n) is 2.84. The summed E-state index contributed by atoms with van der Waals surface area (Å²) in [5.41, 5.74) is 9.53. The molecule has 0 heterocycles. The molecule has 21 heavy (non-hydrogen) atoms. The molecule has 0 aliphatic heterocycles. The molecule has 0 spiro atoms. The van der Waals surface area contributed by atoms with E-state index in [-0.39, 0.29) is 12.4 Å². The molecule has 2 nitrogen and oxygen atoms in total. The monoisotopic (exact) mass is 340 g/mol. The van der Waals surface area contributed by atoms with Gasteiger partial charge in [0.2, 0.25) is 0 Å². The van der Waals surface area contributed by atoms with Gasteiger partial charge >= 0.3 is 0 Å². The van der Waals surface area contributed by atoms with Crippen LogP contribution in [-0.4, -0.2) is 5.17 Å².